The number of nitrogens with two attached hydrogens (primary N) is 1. The number of hydrogen-bond donors (Lipinski definition) is 1. The Labute approximate surface area is 114 Å². The molecule has 96 valence electrons. The van der Waals surface area contributed by atoms with Crippen LogP contribution in [0.2, 0.25) is 5.02 Å². The summed E-state index contributed by atoms with van der Waals surface area (Å²) in [7, 11) is 0. The molecule has 0 radical (unpaired) electrons. The summed E-state index contributed by atoms with van der Waals surface area (Å²) in [4.78, 5) is 0. The van der Waals surface area contributed by atoms with Gasteiger partial charge in [-0.1, -0.05) is 28.9 Å². The van der Waals surface area contributed by atoms with Crippen molar-refractivity contribution in [3.8, 4) is 22.6 Å². The monoisotopic (exact) mass is 274 g/mol. The Morgan fingerprint density at radius 1 is 1.21 bits per heavy atom. The molecule has 0 aliphatic carbocycles. The third-order valence-electron chi connectivity index (χ3n) is 2.80. The lowest BCUT2D eigenvalue weighted by atomic mass is 10.0. The number of aryl methyl sites for hydroxylation is 1. The second-order valence-electron chi connectivity index (χ2n) is 4.19. The first kappa shape index (κ1) is 11.9. The average Bonchev–Trinajstić information content (AvgIpc) is 2.95. The van der Waals surface area contributed by atoms with Crippen LogP contribution >= 0.6 is 11.6 Å². The van der Waals surface area contributed by atoms with E-state index in [4.69, 9.17) is 26.3 Å². The van der Waals surface area contributed by atoms with Crippen LogP contribution < -0.4 is 5.73 Å². The topological polar surface area (TPSA) is 65.2 Å². The van der Waals surface area contributed by atoms with E-state index in [1.807, 2.05) is 37.3 Å². The van der Waals surface area contributed by atoms with Crippen molar-refractivity contribution in [3.63, 3.8) is 0 Å². The Morgan fingerprint density at radius 2 is 2.05 bits per heavy atom. The predicted octanol–water partition coefficient (Wildman–Crippen LogP) is 4.15. The normalized spacial score (nSPS) is 10.8. The summed E-state index contributed by atoms with van der Waals surface area (Å²) in [6.45, 7) is 1.86. The Balaban J connectivity index is 2.19. The van der Waals surface area contributed by atoms with Gasteiger partial charge in [0.05, 0.1) is 5.56 Å². The van der Waals surface area contributed by atoms with E-state index in [1.54, 1.807) is 6.07 Å². The van der Waals surface area contributed by atoms with Crippen molar-refractivity contribution in [1.29, 1.82) is 0 Å². The molecule has 3 rings (SSSR count). The molecule has 0 fully saturated rings. The van der Waals surface area contributed by atoms with E-state index in [1.165, 1.54) is 0 Å². The van der Waals surface area contributed by atoms with Crippen molar-refractivity contribution in [3.05, 3.63) is 47.2 Å². The van der Waals surface area contributed by atoms with Crippen molar-refractivity contribution < 1.29 is 8.94 Å². The molecule has 0 saturated heterocycles. The number of anilines is 1. The average molecular weight is 275 g/mol. The van der Waals surface area contributed by atoms with Gasteiger partial charge >= 0.3 is 0 Å². The third-order valence-corrected chi connectivity index (χ3v) is 3.03. The number of furan rings is 1. The Morgan fingerprint density at radius 3 is 2.74 bits per heavy atom. The molecule has 0 unspecified atom stereocenters. The maximum absolute atomic E-state index is 6.00. The third kappa shape index (κ3) is 2.11. The van der Waals surface area contributed by atoms with Crippen molar-refractivity contribution in [2.24, 2.45) is 0 Å². The van der Waals surface area contributed by atoms with Gasteiger partial charge in [-0.25, -0.2) is 0 Å². The highest BCUT2D eigenvalue weighted by atomic mass is 35.5. The SMILES string of the molecule is Cc1ccc(-c2onc(N)c2-c2cccc(Cl)c2)o1. The zero-order valence-electron chi connectivity index (χ0n) is 10.2. The fraction of sp³-hybridized carbons (Fsp3) is 0.0714. The maximum Gasteiger partial charge on any atom is 0.212 e. The molecule has 0 atom stereocenters. The summed E-state index contributed by atoms with van der Waals surface area (Å²) in [5.41, 5.74) is 7.41. The summed E-state index contributed by atoms with van der Waals surface area (Å²) in [5.74, 6) is 2.21. The van der Waals surface area contributed by atoms with Crippen molar-refractivity contribution >= 4 is 17.4 Å². The Hall–Kier alpha value is -2.20. The molecule has 0 bridgehead atoms. The summed E-state index contributed by atoms with van der Waals surface area (Å²) in [6, 6.07) is 11.0. The van der Waals surface area contributed by atoms with Gasteiger partial charge in [-0.05, 0) is 36.8 Å². The fourth-order valence-electron chi connectivity index (χ4n) is 1.95. The second-order valence-corrected chi connectivity index (χ2v) is 4.63. The molecule has 0 aliphatic heterocycles. The van der Waals surface area contributed by atoms with E-state index >= 15 is 0 Å². The number of aromatic nitrogens is 1. The van der Waals surface area contributed by atoms with Crippen LogP contribution in [0, 0.1) is 6.92 Å². The molecule has 0 amide bonds. The molecule has 1 aromatic carbocycles. The number of nitrogen functional groups attached to an aromatic ring is 1. The zero-order chi connectivity index (χ0) is 13.4. The molecular formula is C14H11ClN2O2. The van der Waals surface area contributed by atoms with Crippen molar-refractivity contribution in [1.82, 2.24) is 5.16 Å². The van der Waals surface area contributed by atoms with E-state index in [0.717, 1.165) is 11.3 Å². The second kappa shape index (κ2) is 4.48. The molecule has 4 nitrogen and oxygen atoms in total. The molecule has 0 aliphatic rings. The largest absolute Gasteiger partial charge is 0.458 e. The number of rotatable bonds is 2. The lowest BCUT2D eigenvalue weighted by Crippen LogP contribution is -1.88. The highest BCUT2D eigenvalue weighted by molar-refractivity contribution is 6.30. The summed E-state index contributed by atoms with van der Waals surface area (Å²) in [5, 5.41) is 4.43. The smallest absolute Gasteiger partial charge is 0.212 e. The zero-order valence-corrected chi connectivity index (χ0v) is 10.9. The van der Waals surface area contributed by atoms with Crippen molar-refractivity contribution in [2.45, 2.75) is 6.92 Å². The van der Waals surface area contributed by atoms with E-state index in [-0.39, 0.29) is 0 Å². The van der Waals surface area contributed by atoms with E-state index in [9.17, 15) is 0 Å². The minimum absolute atomic E-state index is 0.311. The fourth-order valence-corrected chi connectivity index (χ4v) is 2.14. The van der Waals surface area contributed by atoms with Gasteiger partial charge in [-0.3, -0.25) is 0 Å². The van der Waals surface area contributed by atoms with Crippen LogP contribution in [-0.4, -0.2) is 5.16 Å². The molecule has 2 N–H and O–H groups in total. The minimum Gasteiger partial charge on any atom is -0.458 e. The van der Waals surface area contributed by atoms with Gasteiger partial charge in [-0.15, -0.1) is 0 Å². The quantitative estimate of drug-likeness (QED) is 0.762. The Bertz CT molecular complexity index is 731. The lowest BCUT2D eigenvalue weighted by Gasteiger charge is -2.01. The molecule has 19 heavy (non-hydrogen) atoms. The molecular weight excluding hydrogens is 264 g/mol. The van der Waals surface area contributed by atoms with Gasteiger partial charge in [0.1, 0.15) is 5.76 Å². The van der Waals surface area contributed by atoms with E-state index in [2.05, 4.69) is 5.16 Å². The van der Waals surface area contributed by atoms with Crippen molar-refractivity contribution in [2.75, 3.05) is 5.73 Å². The minimum atomic E-state index is 0.311. The lowest BCUT2D eigenvalue weighted by molar-refractivity contribution is 0.418. The van der Waals surface area contributed by atoms with Crippen LogP contribution in [0.4, 0.5) is 5.82 Å². The van der Waals surface area contributed by atoms with Gasteiger partial charge in [0, 0.05) is 5.02 Å². The number of benzene rings is 1. The van der Waals surface area contributed by atoms with E-state index in [0.29, 0.717) is 27.9 Å². The van der Waals surface area contributed by atoms with Crippen LogP contribution in [0.25, 0.3) is 22.6 Å². The highest BCUT2D eigenvalue weighted by Crippen LogP contribution is 2.37. The van der Waals surface area contributed by atoms with Gasteiger partial charge in [-0.2, -0.15) is 0 Å². The van der Waals surface area contributed by atoms with Gasteiger partial charge in [0.25, 0.3) is 0 Å². The standard InChI is InChI=1S/C14H11ClN2O2/c1-8-5-6-11(18-8)13-12(14(16)17-19-13)9-3-2-4-10(15)7-9/h2-7H,1H3,(H2,16,17). The predicted molar refractivity (Wildman–Crippen MR) is 73.8 cm³/mol. The van der Waals surface area contributed by atoms with Crippen LogP contribution in [0.1, 0.15) is 5.76 Å². The Kier molecular flexibility index (Phi) is 2.80. The number of halogens is 1. The van der Waals surface area contributed by atoms with E-state index < -0.39 is 0 Å². The molecule has 0 spiro atoms. The van der Waals surface area contributed by atoms with Gasteiger partial charge in [0.15, 0.2) is 11.6 Å². The molecule has 0 saturated carbocycles. The molecule has 2 heterocycles. The van der Waals surface area contributed by atoms with Crippen LogP contribution in [0.5, 0.6) is 0 Å². The van der Waals surface area contributed by atoms with Crippen LogP contribution in [0.15, 0.2) is 45.3 Å². The first-order valence-corrected chi connectivity index (χ1v) is 6.11. The molecule has 2 aromatic heterocycles. The summed E-state index contributed by atoms with van der Waals surface area (Å²) < 4.78 is 10.8. The first-order chi connectivity index (χ1) is 9.15. The number of nitrogens with zero attached hydrogens (tertiary/aromatic N) is 1. The summed E-state index contributed by atoms with van der Waals surface area (Å²) >= 11 is 6.00. The summed E-state index contributed by atoms with van der Waals surface area (Å²) in [6.07, 6.45) is 0. The highest BCUT2D eigenvalue weighted by Gasteiger charge is 2.20. The van der Waals surface area contributed by atoms with Crippen LogP contribution in [0.3, 0.4) is 0 Å². The number of hydrogen-bond acceptors (Lipinski definition) is 4. The molecule has 3 aromatic rings. The first-order valence-electron chi connectivity index (χ1n) is 5.73. The molecule has 5 heteroatoms. The maximum atomic E-state index is 6.00. The van der Waals surface area contributed by atoms with Gasteiger partial charge < -0.3 is 14.7 Å². The van der Waals surface area contributed by atoms with Crippen LogP contribution in [-0.2, 0) is 0 Å². The van der Waals surface area contributed by atoms with Gasteiger partial charge in [0.2, 0.25) is 5.76 Å².